The van der Waals surface area contributed by atoms with Gasteiger partial charge in [-0.05, 0) is 28.8 Å². The van der Waals surface area contributed by atoms with E-state index < -0.39 is 0 Å². The van der Waals surface area contributed by atoms with Crippen LogP contribution in [0.2, 0.25) is 0 Å². The lowest BCUT2D eigenvalue weighted by atomic mass is 10.2. The highest BCUT2D eigenvalue weighted by molar-refractivity contribution is 9.10. The van der Waals surface area contributed by atoms with Crippen LogP contribution in [0.15, 0.2) is 4.60 Å². The lowest BCUT2D eigenvalue weighted by Gasteiger charge is -2.12. The van der Waals surface area contributed by atoms with E-state index in [-0.39, 0.29) is 0 Å². The molecule has 0 aliphatic carbocycles. The van der Waals surface area contributed by atoms with Gasteiger partial charge in [-0.2, -0.15) is 0 Å². The molecule has 0 aliphatic heterocycles. The van der Waals surface area contributed by atoms with Crippen LogP contribution in [0.4, 0.5) is 5.13 Å². The van der Waals surface area contributed by atoms with Crippen molar-refractivity contribution in [2.75, 3.05) is 5.32 Å². The highest BCUT2D eigenvalue weighted by Gasteiger charge is 2.10. The second-order valence-corrected chi connectivity index (χ2v) is 4.73. The molecule has 1 heterocycles. The number of anilines is 1. The Morgan fingerprint density at radius 3 is 2.64 bits per heavy atom. The molecule has 1 aromatic rings. The molecule has 0 atom stereocenters. The SMILES string of the molecule is CCC(CC)Nc1nc(Br)c(C=O)s1. The Labute approximate surface area is 96.1 Å². The van der Waals surface area contributed by atoms with Crippen molar-refractivity contribution in [1.82, 2.24) is 4.98 Å². The van der Waals surface area contributed by atoms with Crippen LogP contribution in [-0.2, 0) is 0 Å². The maximum Gasteiger partial charge on any atom is 0.184 e. The lowest BCUT2D eigenvalue weighted by molar-refractivity contribution is 0.112. The van der Waals surface area contributed by atoms with Crippen molar-refractivity contribution in [2.45, 2.75) is 32.7 Å². The van der Waals surface area contributed by atoms with E-state index in [9.17, 15) is 4.79 Å². The monoisotopic (exact) mass is 276 g/mol. The number of aromatic nitrogens is 1. The molecule has 0 saturated heterocycles. The number of hydrogen-bond acceptors (Lipinski definition) is 4. The molecule has 0 aromatic carbocycles. The van der Waals surface area contributed by atoms with Gasteiger partial charge in [-0.15, -0.1) is 0 Å². The smallest absolute Gasteiger partial charge is 0.184 e. The standard InChI is InChI=1S/C9H13BrN2OS/c1-3-6(4-2)11-9-12-8(10)7(5-13)14-9/h5-6H,3-4H2,1-2H3,(H,11,12). The third kappa shape index (κ3) is 2.78. The second kappa shape index (κ2) is 5.46. The molecule has 0 fully saturated rings. The Balaban J connectivity index is 2.71. The van der Waals surface area contributed by atoms with E-state index in [0.29, 0.717) is 15.5 Å². The number of hydrogen-bond donors (Lipinski definition) is 1. The number of nitrogens with zero attached hydrogens (tertiary/aromatic N) is 1. The van der Waals surface area contributed by atoms with E-state index in [0.717, 1.165) is 24.3 Å². The van der Waals surface area contributed by atoms with Crippen LogP contribution in [0.25, 0.3) is 0 Å². The summed E-state index contributed by atoms with van der Waals surface area (Å²) in [6.07, 6.45) is 2.94. The average molecular weight is 277 g/mol. The van der Waals surface area contributed by atoms with Gasteiger partial charge in [0.25, 0.3) is 0 Å². The third-order valence-corrected chi connectivity index (χ3v) is 3.81. The third-order valence-electron chi connectivity index (χ3n) is 2.03. The first-order valence-electron chi connectivity index (χ1n) is 4.59. The molecule has 0 radical (unpaired) electrons. The van der Waals surface area contributed by atoms with Crippen LogP contribution in [0.3, 0.4) is 0 Å². The van der Waals surface area contributed by atoms with Crippen molar-refractivity contribution in [3.63, 3.8) is 0 Å². The van der Waals surface area contributed by atoms with Crippen LogP contribution in [0.1, 0.15) is 36.4 Å². The number of halogens is 1. The molecule has 14 heavy (non-hydrogen) atoms. The van der Waals surface area contributed by atoms with Crippen molar-refractivity contribution in [1.29, 1.82) is 0 Å². The van der Waals surface area contributed by atoms with Crippen LogP contribution < -0.4 is 5.32 Å². The molecule has 1 rings (SSSR count). The fourth-order valence-corrected chi connectivity index (χ4v) is 2.49. The molecule has 0 bridgehead atoms. The molecular weight excluding hydrogens is 264 g/mol. The second-order valence-electron chi connectivity index (χ2n) is 2.95. The number of carbonyl (C=O) groups excluding carboxylic acids is 1. The van der Waals surface area contributed by atoms with Gasteiger partial charge in [-0.3, -0.25) is 4.79 Å². The van der Waals surface area contributed by atoms with Crippen molar-refractivity contribution in [3.8, 4) is 0 Å². The molecule has 1 N–H and O–H groups in total. The van der Waals surface area contributed by atoms with Crippen LogP contribution in [0, 0.1) is 0 Å². The number of thiazole rings is 1. The largest absolute Gasteiger partial charge is 0.359 e. The van der Waals surface area contributed by atoms with E-state index >= 15 is 0 Å². The number of carbonyl (C=O) groups is 1. The Bertz CT molecular complexity index is 310. The highest BCUT2D eigenvalue weighted by Crippen LogP contribution is 2.26. The molecule has 0 amide bonds. The van der Waals surface area contributed by atoms with E-state index in [1.165, 1.54) is 11.3 Å². The molecule has 0 saturated carbocycles. The predicted molar refractivity (Wildman–Crippen MR) is 63.2 cm³/mol. The minimum absolute atomic E-state index is 0.438. The summed E-state index contributed by atoms with van der Waals surface area (Å²) >= 11 is 4.62. The molecular formula is C9H13BrN2OS. The minimum atomic E-state index is 0.438. The quantitative estimate of drug-likeness (QED) is 0.839. The zero-order valence-corrected chi connectivity index (χ0v) is 10.6. The lowest BCUT2D eigenvalue weighted by Crippen LogP contribution is -2.16. The molecule has 0 spiro atoms. The average Bonchev–Trinajstić information content (AvgIpc) is 2.55. The summed E-state index contributed by atoms with van der Waals surface area (Å²) in [5.41, 5.74) is 0. The van der Waals surface area contributed by atoms with Gasteiger partial charge in [-0.1, -0.05) is 25.2 Å². The van der Waals surface area contributed by atoms with Crippen molar-refractivity contribution >= 4 is 38.7 Å². The Kier molecular flexibility index (Phi) is 4.54. The van der Waals surface area contributed by atoms with Gasteiger partial charge in [0.05, 0.1) is 0 Å². The van der Waals surface area contributed by atoms with Crippen molar-refractivity contribution in [2.24, 2.45) is 0 Å². The first-order chi connectivity index (χ1) is 6.71. The summed E-state index contributed by atoms with van der Waals surface area (Å²) in [6, 6.07) is 0.438. The summed E-state index contributed by atoms with van der Waals surface area (Å²) in [7, 11) is 0. The Morgan fingerprint density at radius 1 is 1.57 bits per heavy atom. The van der Waals surface area contributed by atoms with Crippen LogP contribution in [-0.4, -0.2) is 17.3 Å². The topological polar surface area (TPSA) is 42.0 Å². The van der Waals surface area contributed by atoms with Crippen molar-refractivity contribution < 1.29 is 4.79 Å². The van der Waals surface area contributed by atoms with Gasteiger partial charge in [-0.25, -0.2) is 4.98 Å². The van der Waals surface area contributed by atoms with Gasteiger partial charge in [0.2, 0.25) is 0 Å². The highest BCUT2D eigenvalue weighted by atomic mass is 79.9. The van der Waals surface area contributed by atoms with Gasteiger partial charge in [0.1, 0.15) is 9.48 Å². The van der Waals surface area contributed by atoms with Gasteiger partial charge >= 0.3 is 0 Å². The summed E-state index contributed by atoms with van der Waals surface area (Å²) in [4.78, 5) is 15.4. The normalized spacial score (nSPS) is 10.6. The molecule has 0 unspecified atom stereocenters. The Hall–Kier alpha value is -0.420. The summed E-state index contributed by atoms with van der Waals surface area (Å²) in [5.74, 6) is 0. The van der Waals surface area contributed by atoms with Crippen molar-refractivity contribution in [3.05, 3.63) is 9.48 Å². The minimum Gasteiger partial charge on any atom is -0.359 e. The maximum absolute atomic E-state index is 10.6. The molecule has 0 aliphatic rings. The van der Waals surface area contributed by atoms with Gasteiger partial charge in [0, 0.05) is 6.04 Å². The molecule has 78 valence electrons. The Morgan fingerprint density at radius 2 is 2.21 bits per heavy atom. The van der Waals surface area contributed by atoms with E-state index in [4.69, 9.17) is 0 Å². The number of nitrogens with one attached hydrogen (secondary N) is 1. The zero-order chi connectivity index (χ0) is 10.6. The van der Waals surface area contributed by atoms with Crippen LogP contribution >= 0.6 is 27.3 Å². The van der Waals surface area contributed by atoms with Gasteiger partial charge in [0.15, 0.2) is 11.4 Å². The molecule has 5 heteroatoms. The van der Waals surface area contributed by atoms with Gasteiger partial charge < -0.3 is 5.32 Å². The van der Waals surface area contributed by atoms with Crippen LogP contribution in [0.5, 0.6) is 0 Å². The zero-order valence-electron chi connectivity index (χ0n) is 8.21. The van der Waals surface area contributed by atoms with E-state index in [1.54, 1.807) is 0 Å². The first-order valence-corrected chi connectivity index (χ1v) is 6.20. The summed E-state index contributed by atoms with van der Waals surface area (Å²) in [6.45, 7) is 4.26. The molecule has 3 nitrogen and oxygen atoms in total. The molecule has 1 aromatic heterocycles. The fourth-order valence-electron chi connectivity index (χ4n) is 1.12. The summed E-state index contributed by atoms with van der Waals surface area (Å²) < 4.78 is 0.631. The van der Waals surface area contributed by atoms with E-state index in [1.807, 2.05) is 0 Å². The first kappa shape index (κ1) is 11.7. The maximum atomic E-state index is 10.6. The fraction of sp³-hybridized carbons (Fsp3) is 0.556. The summed E-state index contributed by atoms with van der Waals surface area (Å²) in [5, 5.41) is 4.11. The predicted octanol–water partition coefficient (Wildman–Crippen LogP) is 3.32. The van der Waals surface area contributed by atoms with E-state index in [2.05, 4.69) is 40.1 Å². The number of rotatable bonds is 5. The number of aldehydes is 1.